The van der Waals surface area contributed by atoms with E-state index in [-0.39, 0.29) is 0 Å². The predicted molar refractivity (Wildman–Crippen MR) is 64.2 cm³/mol. The maximum absolute atomic E-state index is 5.52. The highest BCUT2D eigenvalue weighted by Crippen LogP contribution is 2.32. The Morgan fingerprint density at radius 3 is 3.06 bits per heavy atom. The van der Waals surface area contributed by atoms with E-state index in [4.69, 9.17) is 9.47 Å². The first kappa shape index (κ1) is 11.7. The Hall–Kier alpha value is -0.800. The van der Waals surface area contributed by atoms with Crippen LogP contribution in [0.2, 0.25) is 0 Å². The van der Waals surface area contributed by atoms with Crippen LogP contribution in [0.15, 0.2) is 23.5 Å². The minimum atomic E-state index is 0.397. The van der Waals surface area contributed by atoms with Gasteiger partial charge in [-0.1, -0.05) is 6.08 Å². The maximum Gasteiger partial charge on any atom is 0.0961 e. The van der Waals surface area contributed by atoms with E-state index in [1.165, 1.54) is 12.0 Å². The van der Waals surface area contributed by atoms with Gasteiger partial charge in [0.2, 0.25) is 0 Å². The van der Waals surface area contributed by atoms with Gasteiger partial charge in [-0.2, -0.15) is 0 Å². The molecule has 0 aromatic heterocycles. The highest BCUT2D eigenvalue weighted by molar-refractivity contribution is 5.29. The highest BCUT2D eigenvalue weighted by Gasteiger charge is 2.29. The van der Waals surface area contributed by atoms with Crippen LogP contribution in [0, 0.1) is 5.92 Å². The van der Waals surface area contributed by atoms with Crippen molar-refractivity contribution < 1.29 is 9.47 Å². The molecule has 0 aromatic rings. The topological polar surface area (TPSA) is 30.5 Å². The lowest BCUT2D eigenvalue weighted by Gasteiger charge is -2.35. The second kappa shape index (κ2) is 5.51. The standard InChI is InChI=1S/C13H21NO2/c1-3-16-9-13-12-5-4-11(15-2)8-10(12)6-7-14-13/h4-5,10,13-14H,3,6-9H2,1-2H3. The third-order valence-electron chi connectivity index (χ3n) is 3.42. The molecule has 1 aliphatic carbocycles. The van der Waals surface area contributed by atoms with E-state index in [9.17, 15) is 0 Å². The summed E-state index contributed by atoms with van der Waals surface area (Å²) < 4.78 is 10.8. The zero-order chi connectivity index (χ0) is 11.4. The Bertz CT molecular complexity index is 296. The van der Waals surface area contributed by atoms with E-state index in [2.05, 4.69) is 17.5 Å². The molecule has 16 heavy (non-hydrogen) atoms. The molecule has 1 fully saturated rings. The van der Waals surface area contributed by atoms with E-state index < -0.39 is 0 Å². The van der Waals surface area contributed by atoms with Crippen LogP contribution in [0.25, 0.3) is 0 Å². The molecule has 2 atom stereocenters. The van der Waals surface area contributed by atoms with Gasteiger partial charge < -0.3 is 14.8 Å². The maximum atomic E-state index is 5.52. The van der Waals surface area contributed by atoms with E-state index >= 15 is 0 Å². The van der Waals surface area contributed by atoms with Crippen molar-refractivity contribution in [1.29, 1.82) is 0 Å². The van der Waals surface area contributed by atoms with Gasteiger partial charge in [-0.15, -0.1) is 0 Å². The minimum Gasteiger partial charge on any atom is -0.501 e. The number of piperidine rings is 1. The normalized spacial score (nSPS) is 29.1. The molecule has 2 unspecified atom stereocenters. The number of fused-ring (bicyclic) bond motifs is 1. The molecule has 90 valence electrons. The lowest BCUT2D eigenvalue weighted by molar-refractivity contribution is 0.121. The highest BCUT2D eigenvalue weighted by atomic mass is 16.5. The fraction of sp³-hybridized carbons (Fsp3) is 0.692. The van der Waals surface area contributed by atoms with Gasteiger partial charge >= 0.3 is 0 Å². The van der Waals surface area contributed by atoms with E-state index in [0.717, 1.165) is 31.9 Å². The molecule has 0 saturated carbocycles. The number of methoxy groups -OCH3 is 1. The van der Waals surface area contributed by atoms with Crippen LogP contribution >= 0.6 is 0 Å². The van der Waals surface area contributed by atoms with Crippen LogP contribution in [0.5, 0.6) is 0 Å². The molecule has 0 radical (unpaired) electrons. The van der Waals surface area contributed by atoms with Gasteiger partial charge in [0, 0.05) is 13.0 Å². The zero-order valence-electron chi connectivity index (χ0n) is 10.2. The Labute approximate surface area is 97.5 Å². The molecule has 0 aromatic carbocycles. The van der Waals surface area contributed by atoms with Crippen molar-refractivity contribution in [2.24, 2.45) is 5.92 Å². The van der Waals surface area contributed by atoms with E-state index in [1.54, 1.807) is 7.11 Å². The van der Waals surface area contributed by atoms with Crippen molar-refractivity contribution in [1.82, 2.24) is 5.32 Å². The number of nitrogens with one attached hydrogen (secondary N) is 1. The molecule has 0 amide bonds. The van der Waals surface area contributed by atoms with Gasteiger partial charge in [0.05, 0.1) is 25.5 Å². The van der Waals surface area contributed by atoms with Crippen LogP contribution < -0.4 is 5.32 Å². The lowest BCUT2D eigenvalue weighted by Crippen LogP contribution is -2.44. The molecule has 0 spiro atoms. The molecule has 3 nitrogen and oxygen atoms in total. The predicted octanol–water partition coefficient (Wildman–Crippen LogP) is 1.86. The first-order valence-corrected chi connectivity index (χ1v) is 6.11. The molecule has 1 N–H and O–H groups in total. The quantitative estimate of drug-likeness (QED) is 0.789. The smallest absolute Gasteiger partial charge is 0.0961 e. The van der Waals surface area contributed by atoms with E-state index in [0.29, 0.717) is 12.0 Å². The summed E-state index contributed by atoms with van der Waals surface area (Å²) in [6.45, 7) is 4.69. The number of hydrogen-bond acceptors (Lipinski definition) is 3. The third kappa shape index (κ3) is 2.47. The Morgan fingerprint density at radius 2 is 2.31 bits per heavy atom. The monoisotopic (exact) mass is 223 g/mol. The SMILES string of the molecule is CCOCC1NCCC2CC(OC)=CC=C21. The van der Waals surface area contributed by atoms with Crippen molar-refractivity contribution in [2.45, 2.75) is 25.8 Å². The first-order chi connectivity index (χ1) is 7.85. The van der Waals surface area contributed by atoms with Crippen molar-refractivity contribution >= 4 is 0 Å². The number of rotatable bonds is 4. The summed E-state index contributed by atoms with van der Waals surface area (Å²) in [7, 11) is 1.75. The third-order valence-corrected chi connectivity index (χ3v) is 3.42. The fourth-order valence-electron chi connectivity index (χ4n) is 2.52. The van der Waals surface area contributed by atoms with E-state index in [1.807, 2.05) is 6.92 Å². The average Bonchev–Trinajstić information content (AvgIpc) is 2.35. The number of hydrogen-bond donors (Lipinski definition) is 1. The average molecular weight is 223 g/mol. The molecule has 1 saturated heterocycles. The molecule has 1 heterocycles. The molecule has 2 aliphatic rings. The van der Waals surface area contributed by atoms with Crippen molar-refractivity contribution in [3.8, 4) is 0 Å². The van der Waals surface area contributed by atoms with Gasteiger partial charge in [0.25, 0.3) is 0 Å². The number of allylic oxidation sites excluding steroid dienone is 3. The van der Waals surface area contributed by atoms with Crippen LogP contribution in [0.3, 0.4) is 0 Å². The van der Waals surface area contributed by atoms with Gasteiger partial charge in [-0.25, -0.2) is 0 Å². The Kier molecular flexibility index (Phi) is 4.02. The number of ether oxygens (including phenoxy) is 2. The summed E-state index contributed by atoms with van der Waals surface area (Å²) in [5.41, 5.74) is 1.49. The van der Waals surface area contributed by atoms with Gasteiger partial charge in [-0.05, 0) is 37.5 Å². The molecule has 0 bridgehead atoms. The second-order valence-electron chi connectivity index (χ2n) is 4.36. The van der Waals surface area contributed by atoms with Gasteiger partial charge in [-0.3, -0.25) is 0 Å². The fourth-order valence-corrected chi connectivity index (χ4v) is 2.52. The van der Waals surface area contributed by atoms with Crippen LogP contribution in [0.4, 0.5) is 0 Å². The van der Waals surface area contributed by atoms with Crippen molar-refractivity contribution in [3.05, 3.63) is 23.5 Å². The lowest BCUT2D eigenvalue weighted by atomic mass is 9.81. The summed E-state index contributed by atoms with van der Waals surface area (Å²) >= 11 is 0. The zero-order valence-corrected chi connectivity index (χ0v) is 10.2. The summed E-state index contributed by atoms with van der Waals surface area (Å²) in [5, 5.41) is 3.52. The van der Waals surface area contributed by atoms with Crippen molar-refractivity contribution in [3.63, 3.8) is 0 Å². The summed E-state index contributed by atoms with van der Waals surface area (Å²) in [6, 6.07) is 0.397. The van der Waals surface area contributed by atoms with Crippen molar-refractivity contribution in [2.75, 3.05) is 26.9 Å². The Balaban J connectivity index is 2.05. The Morgan fingerprint density at radius 1 is 1.44 bits per heavy atom. The molecule has 3 heteroatoms. The summed E-state index contributed by atoms with van der Waals surface area (Å²) in [4.78, 5) is 0. The largest absolute Gasteiger partial charge is 0.501 e. The van der Waals surface area contributed by atoms with Crippen LogP contribution in [0.1, 0.15) is 19.8 Å². The molecule has 2 rings (SSSR count). The molecular formula is C13H21NO2. The summed E-state index contributed by atoms with van der Waals surface area (Å²) in [5.74, 6) is 1.75. The van der Waals surface area contributed by atoms with Crippen LogP contribution in [-0.2, 0) is 9.47 Å². The van der Waals surface area contributed by atoms with Gasteiger partial charge in [0.15, 0.2) is 0 Å². The second-order valence-corrected chi connectivity index (χ2v) is 4.36. The molecular weight excluding hydrogens is 202 g/mol. The molecule has 1 aliphatic heterocycles. The minimum absolute atomic E-state index is 0.397. The van der Waals surface area contributed by atoms with Crippen LogP contribution in [-0.4, -0.2) is 32.9 Å². The first-order valence-electron chi connectivity index (χ1n) is 6.11. The van der Waals surface area contributed by atoms with Gasteiger partial charge in [0.1, 0.15) is 0 Å². The summed E-state index contributed by atoms with van der Waals surface area (Å²) in [6.07, 6.45) is 6.56.